The SMILES string of the molecule is CC1COC2(OC3CC4C5CC[C@@H]6CC(O[C@@H]7O[C@H](CO)[C@@H](O)[C@@H](O)[C@H]7O[C@@H]7O[C@H](CO)[C@H](O)[C@@H](O)[C@H]7O)CCC6(C)C5CCC4(C)C3C2C)C(O)C1. The van der Waals surface area contributed by atoms with Gasteiger partial charge in [-0.15, -0.1) is 0 Å². The third kappa shape index (κ3) is 6.11. The highest BCUT2D eigenvalue weighted by Gasteiger charge is 2.71. The zero-order valence-electron chi connectivity index (χ0n) is 31.6. The monoisotopic (exact) mass is 756 g/mol. The van der Waals surface area contributed by atoms with E-state index in [1.807, 2.05) is 0 Å². The molecular formula is C39H64O14. The quantitative estimate of drug-likeness (QED) is 0.173. The van der Waals surface area contributed by atoms with Crippen LogP contribution in [0, 0.1) is 52.3 Å². The smallest absolute Gasteiger partial charge is 0.197 e. The molecular weight excluding hydrogens is 692 g/mol. The van der Waals surface area contributed by atoms with Crippen molar-refractivity contribution in [2.24, 2.45) is 52.3 Å². The second kappa shape index (κ2) is 14.4. The van der Waals surface area contributed by atoms with Crippen LogP contribution in [0.2, 0.25) is 0 Å². The van der Waals surface area contributed by atoms with Crippen molar-refractivity contribution < 1.29 is 69.3 Å². The Labute approximate surface area is 312 Å². The van der Waals surface area contributed by atoms with Crippen LogP contribution in [0.4, 0.5) is 0 Å². The van der Waals surface area contributed by atoms with Gasteiger partial charge < -0.3 is 69.3 Å². The Balaban J connectivity index is 0.945. The van der Waals surface area contributed by atoms with E-state index in [0.29, 0.717) is 48.5 Å². The van der Waals surface area contributed by atoms with Crippen molar-refractivity contribution in [2.75, 3.05) is 19.8 Å². The molecule has 0 bridgehead atoms. The molecule has 23 atom stereocenters. The first-order chi connectivity index (χ1) is 25.2. The van der Waals surface area contributed by atoms with Gasteiger partial charge in [0, 0.05) is 5.92 Å². The number of hydrogen-bond donors (Lipinski definition) is 8. The van der Waals surface area contributed by atoms with Crippen molar-refractivity contribution in [3.8, 4) is 0 Å². The number of aliphatic hydroxyl groups excluding tert-OH is 8. The maximum absolute atomic E-state index is 11.2. The molecule has 0 aromatic carbocycles. The second-order valence-corrected chi connectivity index (χ2v) is 18.8. The predicted molar refractivity (Wildman–Crippen MR) is 184 cm³/mol. The molecule has 4 saturated carbocycles. The molecule has 1 spiro atoms. The Bertz CT molecular complexity index is 1310. The predicted octanol–water partition coefficient (Wildman–Crippen LogP) is 0.413. The van der Waals surface area contributed by atoms with Crippen LogP contribution in [0.5, 0.6) is 0 Å². The number of aliphatic hydroxyl groups is 8. The van der Waals surface area contributed by atoms with Gasteiger partial charge in [0.2, 0.25) is 0 Å². The van der Waals surface area contributed by atoms with E-state index >= 15 is 0 Å². The Morgan fingerprint density at radius 2 is 1.36 bits per heavy atom. The van der Waals surface area contributed by atoms with Crippen molar-refractivity contribution >= 4 is 0 Å². The molecule has 0 aromatic rings. The van der Waals surface area contributed by atoms with Gasteiger partial charge in [0.15, 0.2) is 18.4 Å². The van der Waals surface area contributed by atoms with E-state index in [1.165, 1.54) is 0 Å². The third-order valence-electron chi connectivity index (χ3n) is 16.2. The fraction of sp³-hybridized carbons (Fsp3) is 1.00. The summed E-state index contributed by atoms with van der Waals surface area (Å²) in [4.78, 5) is 0. The summed E-state index contributed by atoms with van der Waals surface area (Å²) in [6.07, 6.45) is -6.75. The van der Waals surface area contributed by atoms with E-state index in [1.54, 1.807) is 0 Å². The fourth-order valence-electron chi connectivity index (χ4n) is 13.3. The van der Waals surface area contributed by atoms with Crippen LogP contribution in [0.15, 0.2) is 0 Å². The molecule has 8 fully saturated rings. The van der Waals surface area contributed by atoms with E-state index in [-0.39, 0.29) is 29.0 Å². The van der Waals surface area contributed by atoms with Gasteiger partial charge in [0.05, 0.1) is 32.0 Å². The molecule has 14 heteroatoms. The van der Waals surface area contributed by atoms with Crippen molar-refractivity contribution in [1.82, 2.24) is 0 Å². The summed E-state index contributed by atoms with van der Waals surface area (Å²) in [5.74, 6) is 2.05. The summed E-state index contributed by atoms with van der Waals surface area (Å²) in [5, 5.41) is 83.9. The van der Waals surface area contributed by atoms with Crippen LogP contribution in [0.25, 0.3) is 0 Å². The molecule has 8 aliphatic rings. The summed E-state index contributed by atoms with van der Waals surface area (Å²) < 4.78 is 37.2. The molecule has 4 aliphatic heterocycles. The zero-order valence-corrected chi connectivity index (χ0v) is 31.6. The van der Waals surface area contributed by atoms with Gasteiger partial charge in [-0.2, -0.15) is 0 Å². The Kier molecular flexibility index (Phi) is 10.6. The lowest BCUT2D eigenvalue weighted by molar-refractivity contribution is -0.373. The van der Waals surface area contributed by atoms with E-state index in [2.05, 4.69) is 27.7 Å². The summed E-state index contributed by atoms with van der Waals surface area (Å²) >= 11 is 0. The Morgan fingerprint density at radius 3 is 2.06 bits per heavy atom. The highest BCUT2D eigenvalue weighted by molar-refractivity contribution is 5.16. The maximum atomic E-state index is 11.2. The average molecular weight is 757 g/mol. The third-order valence-corrected chi connectivity index (χ3v) is 16.2. The molecule has 0 aromatic heterocycles. The lowest BCUT2D eigenvalue weighted by Gasteiger charge is -2.61. The lowest BCUT2D eigenvalue weighted by atomic mass is 9.44. The minimum Gasteiger partial charge on any atom is -0.394 e. The topological polar surface area (TPSA) is 217 Å². The molecule has 8 rings (SSSR count). The van der Waals surface area contributed by atoms with Crippen LogP contribution >= 0.6 is 0 Å². The van der Waals surface area contributed by atoms with E-state index in [0.717, 1.165) is 51.4 Å². The maximum Gasteiger partial charge on any atom is 0.197 e. The van der Waals surface area contributed by atoms with Crippen LogP contribution in [0.3, 0.4) is 0 Å². The van der Waals surface area contributed by atoms with Crippen molar-refractivity contribution in [3.63, 3.8) is 0 Å². The van der Waals surface area contributed by atoms with Gasteiger partial charge in [0.1, 0.15) is 54.9 Å². The number of rotatable bonds is 6. The highest BCUT2D eigenvalue weighted by atomic mass is 16.8. The van der Waals surface area contributed by atoms with Gasteiger partial charge in [-0.25, -0.2) is 0 Å². The van der Waals surface area contributed by atoms with Crippen LogP contribution < -0.4 is 0 Å². The molecule has 12 unspecified atom stereocenters. The molecule has 0 radical (unpaired) electrons. The average Bonchev–Trinajstić information content (AvgIpc) is 3.59. The molecule has 0 amide bonds. The first kappa shape index (κ1) is 39.3. The van der Waals surface area contributed by atoms with Crippen LogP contribution in [-0.2, 0) is 28.4 Å². The van der Waals surface area contributed by atoms with Gasteiger partial charge in [0.25, 0.3) is 0 Å². The molecule has 53 heavy (non-hydrogen) atoms. The largest absolute Gasteiger partial charge is 0.394 e. The molecule has 304 valence electrons. The Morgan fingerprint density at radius 1 is 0.679 bits per heavy atom. The van der Waals surface area contributed by atoms with E-state index in [9.17, 15) is 40.9 Å². The lowest BCUT2D eigenvalue weighted by Crippen LogP contribution is -2.65. The molecule has 4 saturated heterocycles. The molecule has 4 heterocycles. The fourth-order valence-corrected chi connectivity index (χ4v) is 13.3. The minimum absolute atomic E-state index is 0.0988. The molecule has 4 aliphatic carbocycles. The highest BCUT2D eigenvalue weighted by Crippen LogP contribution is 2.71. The summed E-state index contributed by atoms with van der Waals surface area (Å²) in [7, 11) is 0. The number of ether oxygens (including phenoxy) is 6. The standard InChI is InChI=1S/C39H64O14/c1-17-11-27(42)39(48-16-17)18(2)28-24(53-39)13-23-21-6-5-19-12-20(7-9-37(19,3)22(21)8-10-38(23,28)4)49-36-34(32(46)30(44)26(15-41)51-36)52-35-33(47)31(45)29(43)25(14-40)50-35/h17-36,40-47H,5-16H2,1-4H3/t17?,18?,19-,20?,21?,22?,23?,24?,25-,26-,27?,28?,29+,30-,31-,32-,33-,34-,35+,36-,37?,38?,39?/m1/s1. The summed E-state index contributed by atoms with van der Waals surface area (Å²) in [5.41, 5.74) is 0.255. The van der Waals surface area contributed by atoms with Crippen LogP contribution in [-0.4, -0.2) is 146 Å². The van der Waals surface area contributed by atoms with E-state index in [4.69, 9.17) is 28.4 Å². The molecule has 8 N–H and O–H groups in total. The number of hydrogen-bond acceptors (Lipinski definition) is 14. The van der Waals surface area contributed by atoms with Crippen molar-refractivity contribution in [2.45, 2.75) is 171 Å². The minimum atomic E-state index is -1.72. The van der Waals surface area contributed by atoms with Gasteiger partial charge in [-0.1, -0.05) is 27.7 Å². The molecule has 14 nitrogen and oxygen atoms in total. The number of fused-ring (bicyclic) bond motifs is 7. The summed E-state index contributed by atoms with van der Waals surface area (Å²) in [6.45, 7) is 8.73. The second-order valence-electron chi connectivity index (χ2n) is 18.8. The normalized spacial score (nSPS) is 59.5. The van der Waals surface area contributed by atoms with Gasteiger partial charge in [-0.05, 0) is 104 Å². The van der Waals surface area contributed by atoms with Crippen molar-refractivity contribution in [3.05, 3.63) is 0 Å². The van der Waals surface area contributed by atoms with Gasteiger partial charge in [-0.3, -0.25) is 0 Å². The summed E-state index contributed by atoms with van der Waals surface area (Å²) in [6, 6.07) is 0. The van der Waals surface area contributed by atoms with Crippen LogP contribution in [0.1, 0.15) is 85.5 Å². The van der Waals surface area contributed by atoms with E-state index < -0.39 is 86.5 Å². The zero-order chi connectivity index (χ0) is 37.8. The van der Waals surface area contributed by atoms with Crippen molar-refractivity contribution in [1.29, 1.82) is 0 Å². The Hall–Kier alpha value is -0.560. The first-order valence-electron chi connectivity index (χ1n) is 20.4. The van der Waals surface area contributed by atoms with Gasteiger partial charge >= 0.3 is 0 Å². The first-order valence-corrected chi connectivity index (χ1v) is 20.4.